The first kappa shape index (κ1) is 19.0. The van der Waals surface area contributed by atoms with Crippen LogP contribution in [0.1, 0.15) is 11.1 Å². The van der Waals surface area contributed by atoms with E-state index in [0.717, 1.165) is 22.6 Å². The highest BCUT2D eigenvalue weighted by molar-refractivity contribution is 7.99. The van der Waals surface area contributed by atoms with Crippen LogP contribution in [0.3, 0.4) is 0 Å². The quantitative estimate of drug-likeness (QED) is 0.587. The number of nitrogens with zero attached hydrogens (tertiary/aromatic N) is 4. The number of hydrogen-bond donors (Lipinski definition) is 0. The highest BCUT2D eigenvalue weighted by atomic mass is 32.2. The number of aryl methyl sites for hydroxylation is 1. The molecule has 0 spiro atoms. The molecule has 1 amide bonds. The second-order valence-corrected chi connectivity index (χ2v) is 7.10. The van der Waals surface area contributed by atoms with Crippen LogP contribution < -0.4 is 4.74 Å². The Kier molecular flexibility index (Phi) is 6.13. The predicted molar refractivity (Wildman–Crippen MR) is 106 cm³/mol. The Morgan fingerprint density at radius 2 is 1.93 bits per heavy atom. The molecule has 0 aliphatic carbocycles. The molecule has 0 aliphatic rings. The van der Waals surface area contributed by atoms with Gasteiger partial charge in [-0.15, -0.1) is 10.2 Å². The maximum absolute atomic E-state index is 12.5. The summed E-state index contributed by atoms with van der Waals surface area (Å²) in [4.78, 5) is 14.2. The fourth-order valence-corrected chi connectivity index (χ4v) is 3.51. The molecule has 0 N–H and O–H groups in total. The summed E-state index contributed by atoms with van der Waals surface area (Å²) in [6.07, 6.45) is 1.68. The third-order valence-corrected chi connectivity index (χ3v) is 5.15. The van der Waals surface area contributed by atoms with Crippen molar-refractivity contribution in [3.05, 3.63) is 66.0 Å². The highest BCUT2D eigenvalue weighted by Gasteiger charge is 2.14. The minimum absolute atomic E-state index is 0.0372. The normalized spacial score (nSPS) is 10.6. The average molecular weight is 382 g/mol. The zero-order chi connectivity index (χ0) is 19.2. The number of benzene rings is 2. The largest absolute Gasteiger partial charge is 0.497 e. The Labute approximate surface area is 163 Å². The lowest BCUT2D eigenvalue weighted by Gasteiger charge is -2.17. The van der Waals surface area contributed by atoms with Gasteiger partial charge in [-0.1, -0.05) is 42.1 Å². The number of methoxy groups -OCH3 is 1. The van der Waals surface area contributed by atoms with Gasteiger partial charge in [0.25, 0.3) is 0 Å². The zero-order valence-electron chi connectivity index (χ0n) is 15.6. The van der Waals surface area contributed by atoms with Crippen molar-refractivity contribution in [1.82, 2.24) is 19.7 Å². The smallest absolute Gasteiger partial charge is 0.233 e. The number of hydrogen-bond acceptors (Lipinski definition) is 5. The average Bonchev–Trinajstić information content (AvgIpc) is 3.15. The van der Waals surface area contributed by atoms with E-state index >= 15 is 0 Å². The van der Waals surface area contributed by atoms with Crippen LogP contribution in [0.15, 0.2) is 60.0 Å². The van der Waals surface area contributed by atoms with Crippen LogP contribution in [0.5, 0.6) is 5.75 Å². The number of carbonyl (C=O) groups excluding carboxylic acids is 1. The summed E-state index contributed by atoms with van der Waals surface area (Å²) >= 11 is 1.39. The van der Waals surface area contributed by atoms with E-state index in [0.29, 0.717) is 17.5 Å². The molecule has 0 aliphatic heterocycles. The molecule has 0 unspecified atom stereocenters. The molecule has 3 rings (SSSR count). The molecular weight excluding hydrogens is 360 g/mol. The van der Waals surface area contributed by atoms with Gasteiger partial charge in [0.2, 0.25) is 5.91 Å². The topological polar surface area (TPSA) is 60.2 Å². The van der Waals surface area contributed by atoms with Crippen molar-refractivity contribution in [3.63, 3.8) is 0 Å². The Morgan fingerprint density at radius 1 is 1.19 bits per heavy atom. The summed E-state index contributed by atoms with van der Waals surface area (Å²) in [6.45, 7) is 2.59. The Morgan fingerprint density at radius 3 is 2.63 bits per heavy atom. The van der Waals surface area contributed by atoms with Crippen molar-refractivity contribution in [2.45, 2.75) is 18.6 Å². The van der Waals surface area contributed by atoms with E-state index in [1.165, 1.54) is 11.8 Å². The lowest BCUT2D eigenvalue weighted by atomic mass is 10.2. The van der Waals surface area contributed by atoms with Crippen LogP contribution in [0, 0.1) is 6.92 Å². The Balaban J connectivity index is 1.61. The van der Waals surface area contributed by atoms with Gasteiger partial charge in [-0.25, -0.2) is 0 Å². The summed E-state index contributed by atoms with van der Waals surface area (Å²) in [5, 5.41) is 8.87. The highest BCUT2D eigenvalue weighted by Crippen LogP contribution is 2.22. The van der Waals surface area contributed by atoms with Crippen LogP contribution in [-0.2, 0) is 11.3 Å². The van der Waals surface area contributed by atoms with Crippen LogP contribution >= 0.6 is 11.8 Å². The van der Waals surface area contributed by atoms with E-state index in [4.69, 9.17) is 4.74 Å². The molecule has 3 aromatic rings. The van der Waals surface area contributed by atoms with E-state index in [9.17, 15) is 4.79 Å². The summed E-state index contributed by atoms with van der Waals surface area (Å²) < 4.78 is 7.07. The van der Waals surface area contributed by atoms with Gasteiger partial charge < -0.3 is 9.64 Å². The molecule has 0 saturated heterocycles. The number of ether oxygens (including phenoxy) is 1. The standard InChI is InChI=1S/C20H22N4O2S/c1-15-6-4-5-7-18(15)24-14-21-22-20(24)27-13-19(25)23(2)12-16-8-10-17(26-3)11-9-16/h4-11,14H,12-13H2,1-3H3. The lowest BCUT2D eigenvalue weighted by Crippen LogP contribution is -2.27. The van der Waals surface area contributed by atoms with E-state index in [-0.39, 0.29) is 5.91 Å². The minimum atomic E-state index is 0.0372. The van der Waals surface area contributed by atoms with Crippen molar-refractivity contribution < 1.29 is 9.53 Å². The molecule has 0 radical (unpaired) electrons. The van der Waals surface area contributed by atoms with E-state index < -0.39 is 0 Å². The van der Waals surface area contributed by atoms with Crippen LogP contribution in [0.25, 0.3) is 5.69 Å². The zero-order valence-corrected chi connectivity index (χ0v) is 16.4. The molecule has 0 bridgehead atoms. The number of aromatic nitrogens is 3. The number of rotatable bonds is 7. The second-order valence-electron chi connectivity index (χ2n) is 6.16. The molecule has 140 valence electrons. The molecule has 1 aromatic heterocycles. The third-order valence-electron chi connectivity index (χ3n) is 4.22. The lowest BCUT2D eigenvalue weighted by molar-refractivity contribution is -0.127. The monoisotopic (exact) mass is 382 g/mol. The van der Waals surface area contributed by atoms with E-state index in [2.05, 4.69) is 10.2 Å². The van der Waals surface area contributed by atoms with Gasteiger partial charge in [-0.2, -0.15) is 0 Å². The number of carbonyl (C=O) groups is 1. The third kappa shape index (κ3) is 4.68. The van der Waals surface area contributed by atoms with Gasteiger partial charge in [0, 0.05) is 13.6 Å². The van der Waals surface area contributed by atoms with Crippen LogP contribution in [0.2, 0.25) is 0 Å². The van der Waals surface area contributed by atoms with Gasteiger partial charge in [-0.05, 0) is 36.2 Å². The van der Waals surface area contributed by atoms with Gasteiger partial charge >= 0.3 is 0 Å². The molecule has 1 heterocycles. The molecule has 0 fully saturated rings. The maximum Gasteiger partial charge on any atom is 0.233 e. The molecule has 6 nitrogen and oxygen atoms in total. The van der Waals surface area contributed by atoms with Gasteiger partial charge in [0.1, 0.15) is 12.1 Å². The van der Waals surface area contributed by atoms with Crippen molar-refractivity contribution in [1.29, 1.82) is 0 Å². The van der Waals surface area contributed by atoms with Gasteiger partial charge in [0.15, 0.2) is 5.16 Å². The second kappa shape index (κ2) is 8.73. The van der Waals surface area contributed by atoms with E-state index in [1.54, 1.807) is 25.4 Å². The fraction of sp³-hybridized carbons (Fsp3) is 0.250. The van der Waals surface area contributed by atoms with Crippen molar-refractivity contribution in [2.24, 2.45) is 0 Å². The maximum atomic E-state index is 12.5. The SMILES string of the molecule is COc1ccc(CN(C)C(=O)CSc2nncn2-c2ccccc2C)cc1. The first-order valence-corrected chi connectivity index (χ1v) is 9.52. The molecule has 2 aromatic carbocycles. The summed E-state index contributed by atoms with van der Waals surface area (Å²) in [6, 6.07) is 15.7. The number of amides is 1. The van der Waals surface area contributed by atoms with Gasteiger partial charge in [-0.3, -0.25) is 9.36 Å². The van der Waals surface area contributed by atoms with Crippen molar-refractivity contribution in [3.8, 4) is 11.4 Å². The molecular formula is C20H22N4O2S. The Hall–Kier alpha value is -2.80. The van der Waals surface area contributed by atoms with Crippen LogP contribution in [-0.4, -0.2) is 45.5 Å². The number of thioether (sulfide) groups is 1. The molecule has 0 saturated carbocycles. The first-order valence-electron chi connectivity index (χ1n) is 8.54. The summed E-state index contributed by atoms with van der Waals surface area (Å²) in [7, 11) is 3.44. The molecule has 27 heavy (non-hydrogen) atoms. The van der Waals surface area contributed by atoms with Crippen molar-refractivity contribution in [2.75, 3.05) is 19.9 Å². The van der Waals surface area contributed by atoms with Gasteiger partial charge in [0.05, 0.1) is 18.6 Å². The van der Waals surface area contributed by atoms with Crippen molar-refractivity contribution >= 4 is 17.7 Å². The number of para-hydroxylation sites is 1. The molecule has 7 heteroatoms. The summed E-state index contributed by atoms with van der Waals surface area (Å²) in [5.41, 5.74) is 3.20. The van der Waals surface area contributed by atoms with Crippen LogP contribution in [0.4, 0.5) is 0 Å². The Bertz CT molecular complexity index is 908. The first-order chi connectivity index (χ1) is 13.1. The predicted octanol–water partition coefficient (Wildman–Crippen LogP) is 3.34. The molecule has 0 atom stereocenters. The fourth-order valence-electron chi connectivity index (χ4n) is 2.65. The van der Waals surface area contributed by atoms with E-state index in [1.807, 2.05) is 60.0 Å². The minimum Gasteiger partial charge on any atom is -0.497 e. The summed E-state index contributed by atoms with van der Waals surface area (Å²) in [5.74, 6) is 1.14.